The maximum atomic E-state index is 8.52. The van der Waals surface area contributed by atoms with E-state index in [1.807, 2.05) is 0 Å². The molecule has 0 saturated carbocycles. The average molecular weight is 159 g/mol. The Labute approximate surface area is 65.5 Å². The van der Waals surface area contributed by atoms with Gasteiger partial charge in [0.25, 0.3) is 0 Å². The topological polar surface area (TPSA) is 79.9 Å². The van der Waals surface area contributed by atoms with Crippen LogP contribution in [0.4, 0.5) is 0 Å². The molecule has 0 aromatic carbocycles. The van der Waals surface area contributed by atoms with E-state index in [1.165, 1.54) is 6.34 Å². The van der Waals surface area contributed by atoms with Crippen LogP contribution in [0.3, 0.4) is 0 Å². The zero-order valence-corrected chi connectivity index (χ0v) is 6.27. The second-order valence-corrected chi connectivity index (χ2v) is 1.88. The van der Waals surface area contributed by atoms with Gasteiger partial charge in [-0.15, -0.1) is 0 Å². The molecule has 0 fully saturated rings. The summed E-state index contributed by atoms with van der Waals surface area (Å²) in [6.45, 7) is 0.893. The SMILES string of the molecule is N=C/N=C\N(CCO)CCO. The first-order valence-corrected chi connectivity index (χ1v) is 3.33. The molecule has 0 aromatic heterocycles. The Kier molecular flexibility index (Phi) is 6.56. The van der Waals surface area contributed by atoms with Gasteiger partial charge in [0.2, 0.25) is 0 Å². The molecule has 0 atom stereocenters. The number of nitrogens with one attached hydrogen (secondary N) is 1. The van der Waals surface area contributed by atoms with E-state index in [9.17, 15) is 0 Å². The van der Waals surface area contributed by atoms with Gasteiger partial charge in [0.15, 0.2) is 0 Å². The van der Waals surface area contributed by atoms with Gasteiger partial charge in [-0.1, -0.05) is 0 Å². The molecule has 11 heavy (non-hydrogen) atoms. The molecule has 64 valence electrons. The van der Waals surface area contributed by atoms with Crippen molar-refractivity contribution in [3.63, 3.8) is 0 Å². The minimum absolute atomic E-state index is 0.0179. The maximum Gasteiger partial charge on any atom is 0.108 e. The summed E-state index contributed by atoms with van der Waals surface area (Å²) in [5, 5.41) is 23.6. The normalized spacial score (nSPS) is 10.4. The Bertz CT molecular complexity index is 121. The molecular weight excluding hydrogens is 146 g/mol. The van der Waals surface area contributed by atoms with Crippen LogP contribution < -0.4 is 0 Å². The number of rotatable bonds is 6. The molecule has 0 aliphatic heterocycles. The van der Waals surface area contributed by atoms with E-state index in [2.05, 4.69) is 4.99 Å². The van der Waals surface area contributed by atoms with Gasteiger partial charge < -0.3 is 15.1 Å². The van der Waals surface area contributed by atoms with Gasteiger partial charge in [0, 0.05) is 13.1 Å². The van der Waals surface area contributed by atoms with Crippen molar-refractivity contribution in [2.45, 2.75) is 0 Å². The van der Waals surface area contributed by atoms with Crippen LogP contribution >= 0.6 is 0 Å². The van der Waals surface area contributed by atoms with E-state index in [4.69, 9.17) is 15.6 Å². The van der Waals surface area contributed by atoms with Gasteiger partial charge in [-0.25, -0.2) is 4.99 Å². The largest absolute Gasteiger partial charge is 0.395 e. The molecule has 0 spiro atoms. The summed E-state index contributed by atoms with van der Waals surface area (Å²) in [4.78, 5) is 5.16. The van der Waals surface area contributed by atoms with Crippen LogP contribution in [0.5, 0.6) is 0 Å². The van der Waals surface area contributed by atoms with Crippen molar-refractivity contribution in [2.75, 3.05) is 26.3 Å². The molecule has 0 aliphatic carbocycles. The molecular formula is C6H13N3O2. The van der Waals surface area contributed by atoms with Gasteiger partial charge in [-0.3, -0.25) is 5.41 Å². The minimum Gasteiger partial charge on any atom is -0.395 e. The Hall–Kier alpha value is -0.940. The van der Waals surface area contributed by atoms with E-state index < -0.39 is 0 Å². The highest BCUT2D eigenvalue weighted by atomic mass is 16.3. The first kappa shape index (κ1) is 10.1. The van der Waals surface area contributed by atoms with Crippen molar-refractivity contribution in [1.82, 2.24) is 4.90 Å². The first-order valence-electron chi connectivity index (χ1n) is 3.33. The summed E-state index contributed by atoms with van der Waals surface area (Å²) in [5.41, 5.74) is 0. The monoisotopic (exact) mass is 159 g/mol. The van der Waals surface area contributed by atoms with E-state index in [0.717, 1.165) is 6.34 Å². The average Bonchev–Trinajstić information content (AvgIpc) is 2.01. The molecule has 0 heterocycles. The minimum atomic E-state index is 0.0179. The fourth-order valence-corrected chi connectivity index (χ4v) is 0.612. The molecule has 5 nitrogen and oxygen atoms in total. The van der Waals surface area contributed by atoms with Crippen molar-refractivity contribution in [1.29, 1.82) is 5.41 Å². The number of hydrogen-bond donors (Lipinski definition) is 3. The zero-order chi connectivity index (χ0) is 8.53. The van der Waals surface area contributed by atoms with Crippen molar-refractivity contribution in [2.24, 2.45) is 4.99 Å². The van der Waals surface area contributed by atoms with E-state index in [-0.39, 0.29) is 13.2 Å². The fourth-order valence-electron chi connectivity index (χ4n) is 0.612. The van der Waals surface area contributed by atoms with Gasteiger partial charge in [-0.05, 0) is 0 Å². The summed E-state index contributed by atoms with van der Waals surface area (Å²) in [7, 11) is 0. The van der Waals surface area contributed by atoms with Crippen LogP contribution in [-0.2, 0) is 0 Å². The van der Waals surface area contributed by atoms with Gasteiger partial charge in [0.05, 0.1) is 19.6 Å². The van der Waals surface area contributed by atoms with Crippen LogP contribution in [0.25, 0.3) is 0 Å². The molecule has 0 amide bonds. The van der Waals surface area contributed by atoms with Gasteiger partial charge >= 0.3 is 0 Å². The predicted molar refractivity (Wildman–Crippen MR) is 43.0 cm³/mol. The highest BCUT2D eigenvalue weighted by molar-refractivity contribution is 5.69. The van der Waals surface area contributed by atoms with E-state index >= 15 is 0 Å². The van der Waals surface area contributed by atoms with Gasteiger partial charge in [0.1, 0.15) is 6.34 Å². The van der Waals surface area contributed by atoms with Crippen molar-refractivity contribution in [3.05, 3.63) is 0 Å². The third-order valence-electron chi connectivity index (χ3n) is 1.08. The second kappa shape index (κ2) is 7.17. The lowest BCUT2D eigenvalue weighted by Gasteiger charge is -2.15. The van der Waals surface area contributed by atoms with Gasteiger partial charge in [-0.2, -0.15) is 0 Å². The lowest BCUT2D eigenvalue weighted by atomic mass is 10.5. The summed E-state index contributed by atoms with van der Waals surface area (Å²) in [5.74, 6) is 0. The lowest BCUT2D eigenvalue weighted by molar-refractivity contribution is 0.215. The van der Waals surface area contributed by atoms with E-state index in [0.29, 0.717) is 13.1 Å². The van der Waals surface area contributed by atoms with Crippen molar-refractivity contribution in [3.8, 4) is 0 Å². The second-order valence-electron chi connectivity index (χ2n) is 1.88. The number of aliphatic imine (C=N–C) groups is 1. The first-order chi connectivity index (χ1) is 5.35. The fraction of sp³-hybridized carbons (Fsp3) is 0.667. The Morgan fingerprint density at radius 3 is 2.18 bits per heavy atom. The highest BCUT2D eigenvalue weighted by Gasteiger charge is 1.95. The molecule has 5 heteroatoms. The van der Waals surface area contributed by atoms with Crippen LogP contribution in [-0.4, -0.2) is 54.1 Å². The van der Waals surface area contributed by atoms with Crippen LogP contribution in [0, 0.1) is 5.41 Å². The third-order valence-corrected chi connectivity index (χ3v) is 1.08. The van der Waals surface area contributed by atoms with Crippen LogP contribution in [0.1, 0.15) is 0 Å². The molecule has 0 aliphatic rings. The number of nitrogens with zero attached hydrogens (tertiary/aromatic N) is 2. The summed E-state index contributed by atoms with van der Waals surface area (Å²) >= 11 is 0. The molecule has 0 unspecified atom stereocenters. The Balaban J connectivity index is 3.67. The molecule has 0 saturated heterocycles. The molecule has 0 bridgehead atoms. The quantitative estimate of drug-likeness (QED) is 0.340. The van der Waals surface area contributed by atoms with Crippen molar-refractivity contribution >= 4 is 12.7 Å². The lowest BCUT2D eigenvalue weighted by Crippen LogP contribution is -2.28. The predicted octanol–water partition coefficient (Wildman–Crippen LogP) is -1.09. The standard InChI is InChI=1S/C6H13N3O2/c7-5-8-6-9(1-3-10)2-4-11/h5-7,10-11H,1-4H2/b7-5?,8-6-. The highest BCUT2D eigenvalue weighted by Crippen LogP contribution is 1.80. The number of aliphatic hydroxyl groups excluding tert-OH is 2. The van der Waals surface area contributed by atoms with E-state index in [1.54, 1.807) is 4.90 Å². The molecule has 0 rings (SSSR count). The summed E-state index contributed by atoms with van der Waals surface area (Å²) in [6, 6.07) is 0. The molecule has 0 aromatic rings. The smallest absolute Gasteiger partial charge is 0.108 e. The molecule has 0 radical (unpaired) electrons. The zero-order valence-electron chi connectivity index (χ0n) is 6.27. The van der Waals surface area contributed by atoms with Crippen LogP contribution in [0.15, 0.2) is 4.99 Å². The van der Waals surface area contributed by atoms with Crippen molar-refractivity contribution < 1.29 is 10.2 Å². The Morgan fingerprint density at radius 1 is 1.27 bits per heavy atom. The third kappa shape index (κ3) is 5.50. The summed E-state index contributed by atoms with van der Waals surface area (Å²) < 4.78 is 0. The Morgan fingerprint density at radius 2 is 1.82 bits per heavy atom. The van der Waals surface area contributed by atoms with Crippen LogP contribution in [0.2, 0.25) is 0 Å². The number of hydrogen-bond acceptors (Lipinski definition) is 3. The maximum absolute atomic E-state index is 8.52. The molecule has 3 N–H and O–H groups in total. The number of aliphatic hydroxyl groups is 2. The summed E-state index contributed by atoms with van der Waals surface area (Å²) in [6.07, 6.45) is 2.32.